The van der Waals surface area contributed by atoms with Gasteiger partial charge in [-0.1, -0.05) is 36.4 Å². The highest BCUT2D eigenvalue weighted by Gasteiger charge is 2.43. The summed E-state index contributed by atoms with van der Waals surface area (Å²) >= 11 is 0. The Labute approximate surface area is 190 Å². The summed E-state index contributed by atoms with van der Waals surface area (Å²) in [5.74, 6) is -1.27. The summed E-state index contributed by atoms with van der Waals surface area (Å²) in [5, 5.41) is 9.56. The molecule has 0 aliphatic carbocycles. The standard InChI is InChI=1S/C26H24F3NO3/c1-17(19-4-11-23(24(29)16-19)18-2-7-21(27)8-3-18)30-14-12-26(13-15-31,33-25(30)32)20-5-9-22(28)10-6-20/h2-11,16-17,31H,12-15H2,1H3/t17-,26-/m0/s1. The number of halogens is 3. The van der Waals surface area contributed by atoms with E-state index in [-0.39, 0.29) is 13.0 Å². The second kappa shape index (κ2) is 9.27. The Morgan fingerprint density at radius 3 is 2.21 bits per heavy atom. The van der Waals surface area contributed by atoms with E-state index in [0.29, 0.717) is 35.2 Å². The van der Waals surface area contributed by atoms with Crippen LogP contribution in [0.2, 0.25) is 0 Å². The molecule has 1 fully saturated rings. The third kappa shape index (κ3) is 4.59. The minimum atomic E-state index is -1.05. The van der Waals surface area contributed by atoms with Crippen molar-refractivity contribution in [2.75, 3.05) is 13.2 Å². The van der Waals surface area contributed by atoms with Crippen molar-refractivity contribution in [3.63, 3.8) is 0 Å². The van der Waals surface area contributed by atoms with Gasteiger partial charge in [-0.25, -0.2) is 18.0 Å². The van der Waals surface area contributed by atoms with Crippen LogP contribution in [0.1, 0.15) is 36.9 Å². The molecule has 1 heterocycles. The number of hydrogen-bond donors (Lipinski definition) is 1. The summed E-state index contributed by atoms with van der Waals surface area (Å²) in [7, 11) is 0. The lowest BCUT2D eigenvalue weighted by Gasteiger charge is -2.43. The first-order chi connectivity index (χ1) is 15.8. The minimum Gasteiger partial charge on any atom is -0.438 e. The molecule has 0 radical (unpaired) electrons. The number of carbonyl (C=O) groups excluding carboxylic acids is 1. The molecule has 0 aromatic heterocycles. The second-order valence-corrected chi connectivity index (χ2v) is 8.21. The Bertz CT molecular complexity index is 1130. The molecule has 4 nitrogen and oxygen atoms in total. The Kier molecular flexibility index (Phi) is 6.42. The fourth-order valence-electron chi connectivity index (χ4n) is 4.31. The number of rotatable bonds is 6. The Morgan fingerprint density at radius 1 is 1.00 bits per heavy atom. The van der Waals surface area contributed by atoms with Crippen molar-refractivity contribution in [2.24, 2.45) is 0 Å². The number of aliphatic hydroxyl groups is 1. The van der Waals surface area contributed by atoms with Gasteiger partial charge in [0.1, 0.15) is 23.1 Å². The third-order valence-corrected chi connectivity index (χ3v) is 6.26. The molecule has 1 aliphatic rings. The molecule has 4 rings (SSSR count). The molecule has 7 heteroatoms. The molecule has 1 aliphatic heterocycles. The molecule has 1 N–H and O–H groups in total. The molecule has 172 valence electrons. The van der Waals surface area contributed by atoms with Crippen LogP contribution < -0.4 is 0 Å². The normalized spacial score (nSPS) is 19.3. The molecule has 1 saturated heterocycles. The number of benzene rings is 3. The van der Waals surface area contributed by atoms with Gasteiger partial charge in [0.15, 0.2) is 0 Å². The average Bonchev–Trinajstić information content (AvgIpc) is 2.80. The monoisotopic (exact) mass is 455 g/mol. The van der Waals surface area contributed by atoms with Gasteiger partial charge in [0.25, 0.3) is 0 Å². The van der Waals surface area contributed by atoms with Gasteiger partial charge in [-0.15, -0.1) is 0 Å². The maximum atomic E-state index is 14.9. The molecule has 2 atom stereocenters. The molecular weight excluding hydrogens is 431 g/mol. The summed E-state index contributed by atoms with van der Waals surface area (Å²) in [4.78, 5) is 14.5. The summed E-state index contributed by atoms with van der Waals surface area (Å²) < 4.78 is 47.2. The largest absolute Gasteiger partial charge is 0.438 e. The predicted molar refractivity (Wildman–Crippen MR) is 118 cm³/mol. The highest BCUT2D eigenvalue weighted by Crippen LogP contribution is 2.40. The number of hydrogen-bond acceptors (Lipinski definition) is 3. The van der Waals surface area contributed by atoms with E-state index in [1.807, 2.05) is 0 Å². The molecule has 33 heavy (non-hydrogen) atoms. The first-order valence-corrected chi connectivity index (χ1v) is 10.7. The van der Waals surface area contributed by atoms with E-state index in [1.54, 1.807) is 31.2 Å². The van der Waals surface area contributed by atoms with Crippen LogP contribution in [0.25, 0.3) is 11.1 Å². The van der Waals surface area contributed by atoms with Crippen LogP contribution in [-0.2, 0) is 10.3 Å². The van der Waals surface area contributed by atoms with E-state index in [2.05, 4.69) is 0 Å². The Hall–Kier alpha value is -3.32. The molecule has 1 amide bonds. The summed E-state index contributed by atoms with van der Waals surface area (Å²) in [6, 6.07) is 15.5. The van der Waals surface area contributed by atoms with E-state index in [0.717, 1.165) is 0 Å². The Balaban J connectivity index is 1.54. The minimum absolute atomic E-state index is 0.188. The number of cyclic esters (lactones) is 1. The van der Waals surface area contributed by atoms with Crippen LogP contribution in [0.15, 0.2) is 66.7 Å². The fraction of sp³-hybridized carbons (Fsp3) is 0.269. The van der Waals surface area contributed by atoms with Crippen molar-refractivity contribution >= 4 is 6.09 Å². The van der Waals surface area contributed by atoms with Crippen LogP contribution in [-0.4, -0.2) is 29.3 Å². The zero-order valence-corrected chi connectivity index (χ0v) is 18.1. The smallest absolute Gasteiger partial charge is 0.411 e. The molecule has 0 bridgehead atoms. The van der Waals surface area contributed by atoms with E-state index >= 15 is 0 Å². The third-order valence-electron chi connectivity index (χ3n) is 6.26. The van der Waals surface area contributed by atoms with Crippen LogP contribution in [0.5, 0.6) is 0 Å². The number of nitrogens with zero attached hydrogens (tertiary/aromatic N) is 1. The van der Waals surface area contributed by atoms with Gasteiger partial charge in [0.05, 0.1) is 6.04 Å². The summed E-state index contributed by atoms with van der Waals surface area (Å²) in [5.41, 5.74) is 1.05. The van der Waals surface area contributed by atoms with Crippen LogP contribution in [0, 0.1) is 17.5 Å². The van der Waals surface area contributed by atoms with Crippen molar-refractivity contribution < 1.29 is 27.8 Å². The lowest BCUT2D eigenvalue weighted by Crippen LogP contribution is -2.49. The average molecular weight is 455 g/mol. The van der Waals surface area contributed by atoms with Crippen LogP contribution >= 0.6 is 0 Å². The number of carbonyl (C=O) groups is 1. The van der Waals surface area contributed by atoms with Gasteiger partial charge in [0.2, 0.25) is 0 Å². The van der Waals surface area contributed by atoms with Gasteiger partial charge in [-0.2, -0.15) is 0 Å². The molecular formula is C26H24F3NO3. The highest BCUT2D eigenvalue weighted by atomic mass is 19.1. The van der Waals surface area contributed by atoms with Gasteiger partial charge in [0, 0.05) is 31.6 Å². The van der Waals surface area contributed by atoms with Gasteiger partial charge in [-0.05, 0) is 53.9 Å². The Morgan fingerprint density at radius 2 is 1.64 bits per heavy atom. The zero-order valence-electron chi connectivity index (χ0n) is 18.1. The summed E-state index contributed by atoms with van der Waals surface area (Å²) in [6.07, 6.45) is -0.00604. The van der Waals surface area contributed by atoms with E-state index in [1.165, 1.54) is 47.4 Å². The quantitative estimate of drug-likeness (QED) is 0.500. The van der Waals surface area contributed by atoms with Crippen molar-refractivity contribution in [3.05, 3.63) is 95.3 Å². The highest BCUT2D eigenvalue weighted by molar-refractivity contribution is 5.70. The van der Waals surface area contributed by atoms with Crippen molar-refractivity contribution in [3.8, 4) is 11.1 Å². The SMILES string of the molecule is C[C@@H](c1ccc(-c2ccc(F)cc2)c(F)c1)N1CC[C@](CCO)(c2ccc(F)cc2)OC1=O. The lowest BCUT2D eigenvalue weighted by molar-refractivity contribution is -0.0718. The molecule has 0 spiro atoms. The maximum Gasteiger partial charge on any atom is 0.411 e. The second-order valence-electron chi connectivity index (χ2n) is 8.21. The predicted octanol–water partition coefficient (Wildman–Crippen LogP) is 5.95. The van der Waals surface area contributed by atoms with Crippen LogP contribution in [0.3, 0.4) is 0 Å². The maximum absolute atomic E-state index is 14.9. The number of amides is 1. The van der Waals surface area contributed by atoms with Crippen molar-refractivity contribution in [2.45, 2.75) is 31.4 Å². The van der Waals surface area contributed by atoms with Gasteiger partial charge >= 0.3 is 6.09 Å². The molecule has 3 aromatic carbocycles. The number of ether oxygens (including phenoxy) is 1. The van der Waals surface area contributed by atoms with E-state index < -0.39 is 35.2 Å². The lowest BCUT2D eigenvalue weighted by atomic mass is 9.85. The number of aliphatic hydroxyl groups excluding tert-OH is 1. The first kappa shape index (κ1) is 22.9. The van der Waals surface area contributed by atoms with Gasteiger partial charge in [-0.3, -0.25) is 0 Å². The van der Waals surface area contributed by atoms with Crippen molar-refractivity contribution in [1.82, 2.24) is 4.90 Å². The topological polar surface area (TPSA) is 49.8 Å². The van der Waals surface area contributed by atoms with Crippen LogP contribution in [0.4, 0.5) is 18.0 Å². The summed E-state index contributed by atoms with van der Waals surface area (Å²) in [6.45, 7) is 1.90. The van der Waals surface area contributed by atoms with E-state index in [9.17, 15) is 23.1 Å². The molecule has 0 unspecified atom stereocenters. The van der Waals surface area contributed by atoms with Gasteiger partial charge < -0.3 is 14.7 Å². The van der Waals surface area contributed by atoms with E-state index in [4.69, 9.17) is 4.74 Å². The zero-order chi connectivity index (χ0) is 23.6. The molecule has 3 aromatic rings. The van der Waals surface area contributed by atoms with Crippen molar-refractivity contribution in [1.29, 1.82) is 0 Å². The molecule has 0 saturated carbocycles. The first-order valence-electron chi connectivity index (χ1n) is 10.7. The fourth-order valence-corrected chi connectivity index (χ4v) is 4.31.